The third-order valence-corrected chi connectivity index (χ3v) is 4.31. The van der Waals surface area contributed by atoms with E-state index in [1.165, 1.54) is 6.92 Å². The minimum Gasteiger partial charge on any atom is -0.453 e. The molecule has 0 bridgehead atoms. The van der Waals surface area contributed by atoms with E-state index in [0.717, 1.165) is 5.56 Å². The Morgan fingerprint density at radius 3 is 2.37 bits per heavy atom. The summed E-state index contributed by atoms with van der Waals surface area (Å²) in [6.45, 7) is 3.15. The van der Waals surface area contributed by atoms with Crippen LogP contribution in [0.3, 0.4) is 0 Å². The number of ketones is 1. The third kappa shape index (κ3) is 6.55. The Kier molecular flexibility index (Phi) is 7.55. The molecule has 1 amide bonds. The van der Waals surface area contributed by atoms with Crippen molar-refractivity contribution in [1.82, 2.24) is 4.98 Å². The minimum atomic E-state index is -4.63. The van der Waals surface area contributed by atoms with Gasteiger partial charge in [0.25, 0.3) is 5.91 Å². The molecule has 30 heavy (non-hydrogen) atoms. The molecule has 0 aliphatic carbocycles. The molecule has 1 aromatic carbocycles. The van der Waals surface area contributed by atoms with Crippen LogP contribution in [0, 0.1) is 6.92 Å². The molecule has 2 rings (SSSR count). The summed E-state index contributed by atoms with van der Waals surface area (Å²) in [5.74, 6) is -2.15. The number of hydrogen-bond donors (Lipinski definition) is 1. The smallest absolute Gasteiger partial charge is 0.417 e. The molecule has 10 heteroatoms. The Morgan fingerprint density at radius 1 is 1.17 bits per heavy atom. The van der Waals surface area contributed by atoms with Crippen LogP contribution in [-0.4, -0.2) is 28.7 Å². The molecule has 160 valence electrons. The molecule has 1 atom stereocenters. The molecule has 0 spiro atoms. The number of alkyl halides is 3. The molecule has 1 aromatic heterocycles. The third-order valence-electron chi connectivity index (χ3n) is 4.02. The summed E-state index contributed by atoms with van der Waals surface area (Å²) in [6, 6.07) is 7.48. The monoisotopic (exact) mass is 442 g/mol. The molecule has 0 radical (unpaired) electrons. The van der Waals surface area contributed by atoms with Crippen molar-refractivity contribution in [2.45, 2.75) is 39.0 Å². The van der Waals surface area contributed by atoms with E-state index < -0.39 is 34.7 Å². The normalized spacial score (nSPS) is 12.2. The van der Waals surface area contributed by atoms with Crippen LogP contribution in [-0.2, 0) is 20.5 Å². The van der Waals surface area contributed by atoms with E-state index in [4.69, 9.17) is 16.3 Å². The highest BCUT2D eigenvalue weighted by molar-refractivity contribution is 6.33. The van der Waals surface area contributed by atoms with Crippen molar-refractivity contribution < 1.29 is 32.3 Å². The standard InChI is InChI=1S/C20H18ClF3N2O4/c1-11-3-5-13(6-4-11)16(27)7-8-17(28)30-12(2)19(29)26-18-15(21)9-14(10-25-18)20(22,23)24/h3-6,9-10,12H,7-8H2,1-2H3,(H,25,26,29)/t12-/m0/s1. The highest BCUT2D eigenvalue weighted by Crippen LogP contribution is 2.32. The molecule has 0 aliphatic heterocycles. The molecule has 0 saturated heterocycles. The lowest BCUT2D eigenvalue weighted by Crippen LogP contribution is -2.30. The lowest BCUT2D eigenvalue weighted by Gasteiger charge is -2.14. The number of ether oxygens (including phenoxy) is 1. The first-order chi connectivity index (χ1) is 14.0. The number of aromatic nitrogens is 1. The van der Waals surface area contributed by atoms with Gasteiger partial charge in [0, 0.05) is 18.2 Å². The van der Waals surface area contributed by atoms with Crippen LogP contribution in [0.1, 0.15) is 41.3 Å². The fourth-order valence-corrected chi connectivity index (χ4v) is 2.53. The van der Waals surface area contributed by atoms with Crippen molar-refractivity contribution in [2.75, 3.05) is 5.32 Å². The number of aryl methyl sites for hydroxylation is 1. The van der Waals surface area contributed by atoms with Crippen molar-refractivity contribution in [1.29, 1.82) is 0 Å². The Morgan fingerprint density at radius 2 is 1.80 bits per heavy atom. The maximum atomic E-state index is 12.6. The molecule has 0 unspecified atom stereocenters. The van der Waals surface area contributed by atoms with Crippen LogP contribution >= 0.6 is 11.6 Å². The lowest BCUT2D eigenvalue weighted by atomic mass is 10.1. The number of carbonyl (C=O) groups is 3. The average Bonchev–Trinajstić information content (AvgIpc) is 2.67. The van der Waals surface area contributed by atoms with E-state index in [1.54, 1.807) is 24.3 Å². The zero-order valence-electron chi connectivity index (χ0n) is 16.0. The number of nitrogens with zero attached hydrogens (tertiary/aromatic N) is 1. The number of hydrogen-bond acceptors (Lipinski definition) is 5. The van der Waals surface area contributed by atoms with Crippen molar-refractivity contribution in [3.63, 3.8) is 0 Å². The van der Waals surface area contributed by atoms with Gasteiger partial charge in [0.05, 0.1) is 17.0 Å². The fourth-order valence-electron chi connectivity index (χ4n) is 2.31. The van der Waals surface area contributed by atoms with E-state index in [-0.39, 0.29) is 24.4 Å². The number of esters is 1. The second-order valence-electron chi connectivity index (χ2n) is 6.46. The van der Waals surface area contributed by atoms with Gasteiger partial charge < -0.3 is 10.1 Å². The van der Waals surface area contributed by atoms with Gasteiger partial charge in [0.2, 0.25) is 0 Å². The molecule has 1 heterocycles. The number of Topliss-reactive ketones (excluding diaryl/α,β-unsaturated/α-hetero) is 1. The predicted octanol–water partition coefficient (Wildman–Crippen LogP) is 4.60. The van der Waals surface area contributed by atoms with Crippen LogP contribution in [0.25, 0.3) is 0 Å². The van der Waals surface area contributed by atoms with Crippen LogP contribution in [0.4, 0.5) is 19.0 Å². The van der Waals surface area contributed by atoms with E-state index in [9.17, 15) is 27.6 Å². The van der Waals surface area contributed by atoms with Gasteiger partial charge in [-0.3, -0.25) is 14.4 Å². The highest BCUT2D eigenvalue weighted by Gasteiger charge is 2.32. The molecule has 0 aliphatic rings. The van der Waals surface area contributed by atoms with E-state index in [0.29, 0.717) is 17.8 Å². The maximum absolute atomic E-state index is 12.6. The fraction of sp³-hybridized carbons (Fsp3) is 0.300. The summed E-state index contributed by atoms with van der Waals surface area (Å²) in [7, 11) is 0. The predicted molar refractivity (Wildman–Crippen MR) is 103 cm³/mol. The molecule has 6 nitrogen and oxygen atoms in total. The van der Waals surface area contributed by atoms with Gasteiger partial charge in [-0.2, -0.15) is 13.2 Å². The van der Waals surface area contributed by atoms with Crippen LogP contribution in [0.2, 0.25) is 5.02 Å². The zero-order valence-corrected chi connectivity index (χ0v) is 16.8. The summed E-state index contributed by atoms with van der Waals surface area (Å²) in [4.78, 5) is 39.5. The number of anilines is 1. The Hall–Kier alpha value is -2.94. The van der Waals surface area contributed by atoms with Crippen molar-refractivity contribution in [3.05, 3.63) is 58.2 Å². The maximum Gasteiger partial charge on any atom is 0.417 e. The number of nitrogens with one attached hydrogen (secondary N) is 1. The Balaban J connectivity index is 1.87. The first-order valence-corrected chi connectivity index (χ1v) is 9.18. The lowest BCUT2D eigenvalue weighted by molar-refractivity contribution is -0.153. The summed E-state index contributed by atoms with van der Waals surface area (Å²) in [5.41, 5.74) is 0.388. The molecule has 0 fully saturated rings. The Labute approximate surface area is 175 Å². The second kappa shape index (κ2) is 9.71. The number of amides is 1. The SMILES string of the molecule is Cc1ccc(C(=O)CCC(=O)O[C@@H](C)C(=O)Nc2ncc(C(F)(F)F)cc2Cl)cc1. The van der Waals surface area contributed by atoms with E-state index in [2.05, 4.69) is 10.3 Å². The van der Waals surface area contributed by atoms with Crippen LogP contribution < -0.4 is 5.32 Å². The summed E-state index contributed by atoms with van der Waals surface area (Å²) in [5, 5.41) is 1.78. The topological polar surface area (TPSA) is 85.4 Å². The minimum absolute atomic E-state index is 0.0947. The van der Waals surface area contributed by atoms with Crippen molar-refractivity contribution >= 4 is 35.1 Å². The van der Waals surface area contributed by atoms with Gasteiger partial charge >= 0.3 is 12.1 Å². The number of carbonyl (C=O) groups excluding carboxylic acids is 3. The number of benzene rings is 1. The molecule has 2 aromatic rings. The van der Waals surface area contributed by atoms with Gasteiger partial charge in [-0.25, -0.2) is 4.98 Å². The first-order valence-electron chi connectivity index (χ1n) is 8.80. The highest BCUT2D eigenvalue weighted by atomic mass is 35.5. The van der Waals surface area contributed by atoms with Crippen LogP contribution in [0.5, 0.6) is 0 Å². The van der Waals surface area contributed by atoms with Crippen molar-refractivity contribution in [2.24, 2.45) is 0 Å². The number of rotatable bonds is 7. The quantitative estimate of drug-likeness (QED) is 0.500. The van der Waals surface area contributed by atoms with E-state index in [1.807, 2.05) is 6.92 Å². The van der Waals surface area contributed by atoms with E-state index >= 15 is 0 Å². The molecular weight excluding hydrogens is 425 g/mol. The number of halogens is 4. The first kappa shape index (κ1) is 23.3. The second-order valence-corrected chi connectivity index (χ2v) is 6.87. The molecular formula is C20H18ClF3N2O4. The number of pyridine rings is 1. The van der Waals surface area contributed by atoms with Gasteiger partial charge in [-0.15, -0.1) is 0 Å². The summed E-state index contributed by atoms with van der Waals surface area (Å²) < 4.78 is 42.8. The molecule has 0 saturated carbocycles. The average molecular weight is 443 g/mol. The van der Waals surface area contributed by atoms with Gasteiger partial charge in [-0.1, -0.05) is 41.4 Å². The zero-order chi connectivity index (χ0) is 22.5. The molecule has 1 N–H and O–H groups in total. The van der Waals surface area contributed by atoms with Gasteiger partial charge in [-0.05, 0) is 19.9 Å². The van der Waals surface area contributed by atoms with Crippen LogP contribution in [0.15, 0.2) is 36.5 Å². The van der Waals surface area contributed by atoms with Gasteiger partial charge in [0.15, 0.2) is 17.7 Å². The Bertz CT molecular complexity index is 946. The summed E-state index contributed by atoms with van der Waals surface area (Å²) in [6.07, 6.45) is -5.70. The van der Waals surface area contributed by atoms with Gasteiger partial charge in [0.1, 0.15) is 0 Å². The largest absolute Gasteiger partial charge is 0.453 e. The van der Waals surface area contributed by atoms with Crippen molar-refractivity contribution in [3.8, 4) is 0 Å². The summed E-state index contributed by atoms with van der Waals surface area (Å²) >= 11 is 5.72.